The summed E-state index contributed by atoms with van der Waals surface area (Å²) >= 11 is 0. The van der Waals surface area contributed by atoms with Gasteiger partial charge in [-0.3, -0.25) is 0 Å². The van der Waals surface area contributed by atoms with Crippen LogP contribution in [0.25, 0.3) is 0 Å². The van der Waals surface area contributed by atoms with Gasteiger partial charge in [-0.25, -0.2) is 17.5 Å². The quantitative estimate of drug-likeness (QED) is 0.826. The maximum atomic E-state index is 13.7. The summed E-state index contributed by atoms with van der Waals surface area (Å²) in [6.45, 7) is 1.68. The van der Waals surface area contributed by atoms with Gasteiger partial charge in [0.1, 0.15) is 16.5 Å². The van der Waals surface area contributed by atoms with Crippen molar-refractivity contribution in [1.29, 1.82) is 0 Å². The zero-order valence-corrected chi connectivity index (χ0v) is 11.7. The van der Waals surface area contributed by atoms with E-state index in [4.69, 9.17) is 10.2 Å². The summed E-state index contributed by atoms with van der Waals surface area (Å²) < 4.78 is 45.4. The normalized spacial score (nSPS) is 13.3. The van der Waals surface area contributed by atoms with Crippen molar-refractivity contribution >= 4 is 15.7 Å². The van der Waals surface area contributed by atoms with Gasteiger partial charge in [-0.05, 0) is 37.3 Å². The highest BCUT2D eigenvalue weighted by atomic mass is 32.2. The van der Waals surface area contributed by atoms with Crippen molar-refractivity contribution in [3.8, 4) is 0 Å². The lowest BCUT2D eigenvalue weighted by Gasteiger charge is -2.13. The summed E-state index contributed by atoms with van der Waals surface area (Å²) in [6, 6.07) is 6.50. The Morgan fingerprint density at radius 1 is 1.40 bits per heavy atom. The van der Waals surface area contributed by atoms with Crippen LogP contribution in [0, 0.1) is 5.82 Å². The van der Waals surface area contributed by atoms with E-state index in [0.717, 1.165) is 12.1 Å². The Hall–Kier alpha value is -1.86. The molecule has 1 heterocycles. The number of nitrogens with one attached hydrogen (secondary N) is 1. The van der Waals surface area contributed by atoms with E-state index in [1.165, 1.54) is 12.3 Å². The summed E-state index contributed by atoms with van der Waals surface area (Å²) in [5.41, 5.74) is 5.57. The van der Waals surface area contributed by atoms with Crippen molar-refractivity contribution in [3.63, 3.8) is 0 Å². The number of nitrogens with two attached hydrogens (primary N) is 1. The molecule has 0 saturated heterocycles. The molecule has 5 nitrogen and oxygen atoms in total. The molecule has 0 spiro atoms. The Morgan fingerprint density at radius 2 is 2.15 bits per heavy atom. The van der Waals surface area contributed by atoms with Crippen LogP contribution in [0.1, 0.15) is 12.7 Å². The molecule has 7 heteroatoms. The summed E-state index contributed by atoms with van der Waals surface area (Å²) in [6.07, 6.45) is 1.89. The summed E-state index contributed by atoms with van der Waals surface area (Å²) in [5, 5.41) is 0. The molecule has 1 unspecified atom stereocenters. The van der Waals surface area contributed by atoms with Crippen LogP contribution in [-0.2, 0) is 16.4 Å². The van der Waals surface area contributed by atoms with Gasteiger partial charge in [0, 0.05) is 18.2 Å². The molecule has 1 atom stereocenters. The van der Waals surface area contributed by atoms with Crippen LogP contribution in [-0.4, -0.2) is 14.5 Å². The highest BCUT2D eigenvalue weighted by molar-refractivity contribution is 7.89. The minimum absolute atomic E-state index is 0.171. The first-order valence-electron chi connectivity index (χ1n) is 5.98. The highest BCUT2D eigenvalue weighted by Crippen LogP contribution is 2.17. The standard InChI is InChI=1S/C13H15FN2O3S/c1-9(7-11-3-2-6-19-11)16-20(17,18)13-5-4-10(15)8-12(13)14/h2-6,8-9,16H,7,15H2,1H3. The topological polar surface area (TPSA) is 85.3 Å². The largest absolute Gasteiger partial charge is 0.469 e. The number of rotatable bonds is 5. The smallest absolute Gasteiger partial charge is 0.243 e. The summed E-state index contributed by atoms with van der Waals surface area (Å²) in [7, 11) is -3.93. The van der Waals surface area contributed by atoms with E-state index < -0.39 is 26.8 Å². The first-order valence-corrected chi connectivity index (χ1v) is 7.46. The van der Waals surface area contributed by atoms with Crippen molar-refractivity contribution in [1.82, 2.24) is 4.72 Å². The van der Waals surface area contributed by atoms with Gasteiger partial charge < -0.3 is 10.2 Å². The molecular formula is C13H15FN2O3S. The average molecular weight is 298 g/mol. The predicted molar refractivity (Wildman–Crippen MR) is 73.0 cm³/mol. The van der Waals surface area contributed by atoms with E-state index in [9.17, 15) is 12.8 Å². The lowest BCUT2D eigenvalue weighted by molar-refractivity contribution is 0.478. The van der Waals surface area contributed by atoms with E-state index in [0.29, 0.717) is 12.2 Å². The zero-order chi connectivity index (χ0) is 14.8. The highest BCUT2D eigenvalue weighted by Gasteiger charge is 2.21. The summed E-state index contributed by atoms with van der Waals surface area (Å²) in [4.78, 5) is -0.419. The van der Waals surface area contributed by atoms with E-state index in [2.05, 4.69) is 4.72 Å². The van der Waals surface area contributed by atoms with Gasteiger partial charge >= 0.3 is 0 Å². The zero-order valence-electron chi connectivity index (χ0n) is 10.8. The number of furan rings is 1. The third kappa shape index (κ3) is 3.37. The molecule has 0 bridgehead atoms. The van der Waals surface area contributed by atoms with Crippen molar-refractivity contribution in [2.75, 3.05) is 5.73 Å². The van der Waals surface area contributed by atoms with Crippen LogP contribution < -0.4 is 10.5 Å². The van der Waals surface area contributed by atoms with Crippen LogP contribution >= 0.6 is 0 Å². The third-order valence-electron chi connectivity index (χ3n) is 2.69. The second-order valence-electron chi connectivity index (χ2n) is 4.50. The minimum Gasteiger partial charge on any atom is -0.469 e. The molecule has 0 aliphatic rings. The molecule has 0 radical (unpaired) electrons. The molecule has 0 saturated carbocycles. The fourth-order valence-electron chi connectivity index (χ4n) is 1.84. The number of anilines is 1. The number of hydrogen-bond acceptors (Lipinski definition) is 4. The third-order valence-corrected chi connectivity index (χ3v) is 4.31. The van der Waals surface area contributed by atoms with E-state index >= 15 is 0 Å². The molecule has 20 heavy (non-hydrogen) atoms. The molecule has 0 aliphatic heterocycles. The molecule has 1 aromatic heterocycles. The van der Waals surface area contributed by atoms with E-state index in [1.807, 2.05) is 0 Å². The van der Waals surface area contributed by atoms with Crippen LogP contribution in [0.3, 0.4) is 0 Å². The van der Waals surface area contributed by atoms with Gasteiger partial charge in [0.05, 0.1) is 6.26 Å². The molecule has 1 aromatic carbocycles. The van der Waals surface area contributed by atoms with Crippen molar-refractivity contribution in [2.45, 2.75) is 24.3 Å². The Labute approximate surface area is 116 Å². The van der Waals surface area contributed by atoms with Crippen LogP contribution in [0.5, 0.6) is 0 Å². The molecule has 2 rings (SSSR count). The molecule has 2 aromatic rings. The number of hydrogen-bond donors (Lipinski definition) is 2. The maximum absolute atomic E-state index is 13.7. The van der Waals surface area contributed by atoms with Gasteiger partial charge in [-0.1, -0.05) is 0 Å². The molecule has 3 N–H and O–H groups in total. The van der Waals surface area contributed by atoms with E-state index in [-0.39, 0.29) is 5.69 Å². The predicted octanol–water partition coefficient (Wildman–Crippen LogP) is 1.91. The summed E-state index contributed by atoms with van der Waals surface area (Å²) in [5.74, 6) is -0.222. The van der Waals surface area contributed by atoms with Gasteiger partial charge in [0.15, 0.2) is 0 Å². The molecule has 0 fully saturated rings. The number of halogens is 1. The van der Waals surface area contributed by atoms with Crippen LogP contribution in [0.4, 0.5) is 10.1 Å². The van der Waals surface area contributed by atoms with Crippen molar-refractivity contribution in [3.05, 3.63) is 48.2 Å². The lowest BCUT2D eigenvalue weighted by Crippen LogP contribution is -2.34. The van der Waals surface area contributed by atoms with Crippen LogP contribution in [0.15, 0.2) is 45.9 Å². The Bertz CT molecular complexity index is 684. The van der Waals surface area contributed by atoms with Gasteiger partial charge in [0.2, 0.25) is 10.0 Å². The van der Waals surface area contributed by atoms with Crippen LogP contribution in [0.2, 0.25) is 0 Å². The van der Waals surface area contributed by atoms with Gasteiger partial charge in [-0.15, -0.1) is 0 Å². The monoisotopic (exact) mass is 298 g/mol. The second kappa shape index (κ2) is 5.64. The van der Waals surface area contributed by atoms with Crippen molar-refractivity contribution in [2.24, 2.45) is 0 Å². The van der Waals surface area contributed by atoms with Gasteiger partial charge in [0.25, 0.3) is 0 Å². The number of benzene rings is 1. The fourth-order valence-corrected chi connectivity index (χ4v) is 3.14. The Morgan fingerprint density at radius 3 is 2.75 bits per heavy atom. The fraction of sp³-hybridized carbons (Fsp3) is 0.231. The molecule has 0 aliphatic carbocycles. The maximum Gasteiger partial charge on any atom is 0.243 e. The SMILES string of the molecule is CC(Cc1ccco1)NS(=O)(=O)c1ccc(N)cc1F. The van der Waals surface area contributed by atoms with Crippen molar-refractivity contribution < 1.29 is 17.2 Å². The van der Waals surface area contributed by atoms with Gasteiger partial charge in [-0.2, -0.15) is 0 Å². The first kappa shape index (κ1) is 14.5. The average Bonchev–Trinajstić information content (AvgIpc) is 2.79. The lowest BCUT2D eigenvalue weighted by atomic mass is 10.2. The molecular weight excluding hydrogens is 283 g/mol. The number of nitrogen functional groups attached to an aromatic ring is 1. The Kier molecular flexibility index (Phi) is 4.10. The molecule has 0 amide bonds. The number of sulfonamides is 1. The molecule has 108 valence electrons. The Balaban J connectivity index is 2.14. The first-order chi connectivity index (χ1) is 9.38. The minimum atomic E-state index is -3.93. The second-order valence-corrected chi connectivity index (χ2v) is 6.18. The van der Waals surface area contributed by atoms with E-state index in [1.54, 1.807) is 19.1 Å².